The largest absolute Gasteiger partial charge is 0.488 e. The number of benzene rings is 2. The first-order valence-corrected chi connectivity index (χ1v) is 9.78. The highest BCUT2D eigenvalue weighted by molar-refractivity contribution is 7.15. The molecular weight excluding hydrogens is 427 g/mol. The van der Waals surface area contributed by atoms with Crippen LogP contribution in [0.5, 0.6) is 5.75 Å². The Morgan fingerprint density at radius 1 is 1.23 bits per heavy atom. The lowest BCUT2D eigenvalue weighted by molar-refractivity contribution is -0.137. The molecule has 1 aromatic heterocycles. The monoisotopic (exact) mass is 445 g/mol. The molecule has 3 rings (SSSR count). The van der Waals surface area contributed by atoms with Gasteiger partial charge in [-0.15, -0.1) is 11.3 Å². The van der Waals surface area contributed by atoms with E-state index < -0.39 is 11.7 Å². The molecule has 10 heteroatoms. The Kier molecular flexibility index (Phi) is 6.48. The second-order valence-electron chi connectivity index (χ2n) is 6.46. The van der Waals surface area contributed by atoms with Crippen LogP contribution in [0.4, 0.5) is 13.2 Å². The van der Waals surface area contributed by atoms with Crippen molar-refractivity contribution in [2.75, 3.05) is 0 Å². The summed E-state index contributed by atoms with van der Waals surface area (Å²) in [5.74, 6) is 5.81. The average Bonchev–Trinajstić information content (AvgIpc) is 3.13. The number of aryl methyl sites for hydroxylation is 1. The van der Waals surface area contributed by atoms with Gasteiger partial charge in [0.2, 0.25) is 0 Å². The van der Waals surface area contributed by atoms with Crippen molar-refractivity contribution >= 4 is 17.0 Å². The molecule has 0 bridgehead atoms. The fourth-order valence-electron chi connectivity index (χ4n) is 2.70. The molecule has 6 nitrogen and oxygen atoms in total. The van der Waals surface area contributed by atoms with Crippen LogP contribution in [0.25, 0.3) is 16.3 Å². The molecule has 160 valence electrons. The molecule has 3 aromatic rings. The van der Waals surface area contributed by atoms with Gasteiger partial charge in [0.1, 0.15) is 23.4 Å². The first kappa shape index (κ1) is 22.1. The molecule has 0 aliphatic rings. The van der Waals surface area contributed by atoms with Gasteiger partial charge in [-0.3, -0.25) is 0 Å². The third-order valence-electron chi connectivity index (χ3n) is 4.39. The molecule has 0 aliphatic carbocycles. The fourth-order valence-corrected chi connectivity index (χ4v) is 3.69. The standard InChI is InChI=1S/C21H18F3N5OS/c1-12-18(31-20(28-12)13-5-7-15(8-6-13)21(22,23)24)11-30-16-4-2-3-14(9-16)19(26)17(10-25)29-27/h2-9,29H,11,26-27H2,1H3/b19-17-. The lowest BCUT2D eigenvalue weighted by atomic mass is 10.1. The van der Waals surface area contributed by atoms with Crippen molar-refractivity contribution in [3.8, 4) is 22.4 Å². The molecule has 0 amide bonds. The van der Waals surface area contributed by atoms with E-state index in [9.17, 15) is 13.2 Å². The number of halogens is 3. The van der Waals surface area contributed by atoms with E-state index in [1.165, 1.54) is 23.5 Å². The zero-order valence-electron chi connectivity index (χ0n) is 16.3. The molecule has 0 saturated carbocycles. The molecule has 2 aromatic carbocycles. The van der Waals surface area contributed by atoms with E-state index in [0.29, 0.717) is 21.9 Å². The lowest BCUT2D eigenvalue weighted by Crippen LogP contribution is -2.23. The highest BCUT2D eigenvalue weighted by atomic mass is 32.1. The summed E-state index contributed by atoms with van der Waals surface area (Å²) >= 11 is 1.35. The lowest BCUT2D eigenvalue weighted by Gasteiger charge is -2.09. The second kappa shape index (κ2) is 9.07. The van der Waals surface area contributed by atoms with E-state index in [2.05, 4.69) is 10.4 Å². The van der Waals surface area contributed by atoms with Crippen molar-refractivity contribution in [1.82, 2.24) is 10.4 Å². The molecular formula is C21H18F3N5OS. The molecule has 5 N–H and O–H groups in total. The van der Waals surface area contributed by atoms with Crippen LogP contribution in [0.1, 0.15) is 21.7 Å². The summed E-state index contributed by atoms with van der Waals surface area (Å²) in [6.07, 6.45) is -4.38. The topological polar surface area (TPSA) is 110 Å². The Labute approximate surface area is 180 Å². The van der Waals surface area contributed by atoms with E-state index in [-0.39, 0.29) is 18.0 Å². The molecule has 0 aliphatic heterocycles. The number of allylic oxidation sites excluding steroid dienone is 1. The van der Waals surface area contributed by atoms with Gasteiger partial charge in [0.05, 0.1) is 21.8 Å². The molecule has 0 unspecified atom stereocenters. The number of nitrogens with two attached hydrogens (primary N) is 2. The third-order valence-corrected chi connectivity index (χ3v) is 5.57. The first-order chi connectivity index (χ1) is 14.7. The highest BCUT2D eigenvalue weighted by Crippen LogP contribution is 2.33. The van der Waals surface area contributed by atoms with E-state index in [1.54, 1.807) is 24.3 Å². The minimum absolute atomic E-state index is 0.0386. The summed E-state index contributed by atoms with van der Waals surface area (Å²) in [7, 11) is 0. The van der Waals surface area contributed by atoms with Crippen LogP contribution in [-0.2, 0) is 12.8 Å². The van der Waals surface area contributed by atoms with Gasteiger partial charge in [-0.05, 0) is 31.2 Å². The van der Waals surface area contributed by atoms with Crippen molar-refractivity contribution in [3.05, 3.63) is 75.9 Å². The van der Waals surface area contributed by atoms with Crippen molar-refractivity contribution in [1.29, 1.82) is 5.26 Å². The third kappa shape index (κ3) is 5.14. The maximum absolute atomic E-state index is 12.7. The van der Waals surface area contributed by atoms with Crippen LogP contribution < -0.4 is 21.7 Å². The number of thiazole rings is 1. The van der Waals surface area contributed by atoms with Crippen LogP contribution in [-0.4, -0.2) is 4.98 Å². The SMILES string of the molecule is Cc1nc(-c2ccc(C(F)(F)F)cc2)sc1COc1cccc(/C(N)=C(\C#N)NN)c1. The molecule has 0 fully saturated rings. The Morgan fingerprint density at radius 3 is 2.55 bits per heavy atom. The highest BCUT2D eigenvalue weighted by Gasteiger charge is 2.30. The van der Waals surface area contributed by atoms with Crippen LogP contribution in [0, 0.1) is 18.3 Å². The molecule has 31 heavy (non-hydrogen) atoms. The summed E-state index contributed by atoms with van der Waals surface area (Å²) in [6.45, 7) is 2.03. The van der Waals surface area contributed by atoms with Crippen LogP contribution in [0.15, 0.2) is 54.2 Å². The number of hydrazine groups is 1. The predicted octanol–water partition coefficient (Wildman–Crippen LogP) is 4.33. The smallest absolute Gasteiger partial charge is 0.416 e. The van der Waals surface area contributed by atoms with E-state index in [1.807, 2.05) is 13.0 Å². The number of nitrogens with one attached hydrogen (secondary N) is 1. The van der Waals surface area contributed by atoms with Gasteiger partial charge >= 0.3 is 6.18 Å². The number of aromatic nitrogens is 1. The zero-order chi connectivity index (χ0) is 22.6. The Hall–Kier alpha value is -3.55. The van der Waals surface area contributed by atoms with Crippen molar-refractivity contribution in [2.24, 2.45) is 11.6 Å². The van der Waals surface area contributed by atoms with Gasteiger partial charge in [0, 0.05) is 11.1 Å². The van der Waals surface area contributed by atoms with E-state index in [4.69, 9.17) is 21.6 Å². The quantitative estimate of drug-likeness (QED) is 0.296. The van der Waals surface area contributed by atoms with Gasteiger partial charge in [0.15, 0.2) is 5.70 Å². The summed E-state index contributed by atoms with van der Waals surface area (Å²) in [5.41, 5.74) is 9.62. The van der Waals surface area contributed by atoms with E-state index in [0.717, 1.165) is 22.7 Å². The molecule has 0 atom stereocenters. The van der Waals surface area contributed by atoms with Crippen LogP contribution >= 0.6 is 11.3 Å². The van der Waals surface area contributed by atoms with Gasteiger partial charge in [-0.2, -0.15) is 18.4 Å². The molecule has 1 heterocycles. The van der Waals surface area contributed by atoms with Crippen molar-refractivity contribution in [3.63, 3.8) is 0 Å². The van der Waals surface area contributed by atoms with Crippen molar-refractivity contribution < 1.29 is 17.9 Å². The maximum atomic E-state index is 12.7. The Bertz CT molecular complexity index is 1150. The number of rotatable bonds is 6. The normalized spacial score (nSPS) is 12.1. The number of nitriles is 1. The Balaban J connectivity index is 1.76. The zero-order valence-corrected chi connectivity index (χ0v) is 17.1. The summed E-state index contributed by atoms with van der Waals surface area (Å²) in [6, 6.07) is 13.6. The van der Waals surface area contributed by atoms with Gasteiger partial charge < -0.3 is 15.9 Å². The minimum Gasteiger partial charge on any atom is -0.488 e. The number of hydrogen-bond acceptors (Lipinski definition) is 7. The molecule has 0 spiro atoms. The van der Waals surface area contributed by atoms with Gasteiger partial charge in [-0.1, -0.05) is 24.3 Å². The molecule has 0 saturated heterocycles. The van der Waals surface area contributed by atoms with Crippen molar-refractivity contribution in [2.45, 2.75) is 19.7 Å². The first-order valence-electron chi connectivity index (χ1n) is 8.96. The van der Waals surface area contributed by atoms with Crippen LogP contribution in [0.2, 0.25) is 0 Å². The summed E-state index contributed by atoms with van der Waals surface area (Å²) < 4.78 is 44.1. The average molecular weight is 445 g/mol. The summed E-state index contributed by atoms with van der Waals surface area (Å²) in [4.78, 5) is 5.29. The number of ether oxygens (including phenoxy) is 1. The van der Waals surface area contributed by atoms with Crippen LogP contribution in [0.3, 0.4) is 0 Å². The Morgan fingerprint density at radius 2 is 1.94 bits per heavy atom. The maximum Gasteiger partial charge on any atom is 0.416 e. The van der Waals surface area contributed by atoms with E-state index >= 15 is 0 Å². The molecule has 0 radical (unpaired) electrons. The minimum atomic E-state index is -4.38. The fraction of sp³-hybridized carbons (Fsp3) is 0.143. The second-order valence-corrected chi connectivity index (χ2v) is 7.55. The summed E-state index contributed by atoms with van der Waals surface area (Å²) in [5, 5.41) is 9.65. The van der Waals surface area contributed by atoms with Gasteiger partial charge in [0.25, 0.3) is 0 Å². The predicted molar refractivity (Wildman–Crippen MR) is 112 cm³/mol. The van der Waals surface area contributed by atoms with Gasteiger partial charge in [-0.25, -0.2) is 10.8 Å². The number of nitrogens with zero attached hydrogens (tertiary/aromatic N) is 2. The number of alkyl halides is 3. The number of hydrogen-bond donors (Lipinski definition) is 3.